The molecule has 0 bridgehead atoms. The third-order valence-corrected chi connectivity index (χ3v) is 8.60. The number of para-hydroxylation sites is 1. The summed E-state index contributed by atoms with van der Waals surface area (Å²) in [7, 11) is 1.60. The number of rotatable bonds is 9. The highest BCUT2D eigenvalue weighted by Crippen LogP contribution is 2.32. The Morgan fingerprint density at radius 3 is 2.47 bits per heavy atom. The van der Waals surface area contributed by atoms with E-state index in [1.807, 2.05) is 70.2 Å². The van der Waals surface area contributed by atoms with E-state index in [-0.39, 0.29) is 6.09 Å². The quantitative estimate of drug-likeness (QED) is 0.230. The van der Waals surface area contributed by atoms with Crippen molar-refractivity contribution in [2.24, 2.45) is 0 Å². The summed E-state index contributed by atoms with van der Waals surface area (Å²) >= 11 is 0. The molecule has 0 spiro atoms. The fraction of sp³-hybridized carbons (Fsp3) is 0.417. The molecule has 2 N–H and O–H groups in total. The maximum atomic E-state index is 14.1. The minimum Gasteiger partial charge on any atom is -0.444 e. The molecule has 6 rings (SSSR count). The standard InChI is InChI=1S/C36H44FN9O5/c1-24-31(26-11-12-30(39-22-26)43-15-17-44(18-16-43)35(48)50-36(2,3)4)42-46(27-9-7-6-8-10-27)33(24)41-34(47)40-28-23-45(19-20-49-5)51-32(28)25-13-14-38-29(37)21-25/h6-14,21-22,28,32H,15-20,23H2,1-5H3,(H2,40,41,47)/t28-,32+/m1/s1. The lowest BCUT2D eigenvalue weighted by Gasteiger charge is -2.36. The zero-order chi connectivity index (χ0) is 36.1. The number of hydrogen-bond donors (Lipinski definition) is 2. The van der Waals surface area contributed by atoms with E-state index in [4.69, 9.17) is 24.4 Å². The molecule has 0 unspecified atom stereocenters. The topological polar surface area (TPSA) is 139 Å². The number of urea groups is 1. The lowest BCUT2D eigenvalue weighted by atomic mass is 10.0. The highest BCUT2D eigenvalue weighted by molar-refractivity contribution is 5.91. The van der Waals surface area contributed by atoms with E-state index in [9.17, 15) is 14.0 Å². The Kier molecular flexibility index (Phi) is 10.8. The maximum absolute atomic E-state index is 14.1. The van der Waals surface area contributed by atoms with E-state index in [2.05, 4.69) is 20.5 Å². The molecule has 4 aromatic rings. The van der Waals surface area contributed by atoms with Crippen molar-refractivity contribution in [3.8, 4) is 16.9 Å². The van der Waals surface area contributed by atoms with Crippen molar-refractivity contribution in [1.29, 1.82) is 0 Å². The van der Waals surface area contributed by atoms with Crippen molar-refractivity contribution in [1.82, 2.24) is 35.0 Å². The molecule has 0 radical (unpaired) electrons. The van der Waals surface area contributed by atoms with Gasteiger partial charge in [-0.2, -0.15) is 14.6 Å². The highest BCUT2D eigenvalue weighted by atomic mass is 19.1. The van der Waals surface area contributed by atoms with Crippen LogP contribution in [0.3, 0.4) is 0 Å². The van der Waals surface area contributed by atoms with Gasteiger partial charge in [-0.1, -0.05) is 18.2 Å². The van der Waals surface area contributed by atoms with Crippen LogP contribution < -0.4 is 15.5 Å². The molecular formula is C36H44FN9O5. The molecule has 3 aromatic heterocycles. The second-order valence-corrected chi connectivity index (χ2v) is 13.5. The first-order valence-electron chi connectivity index (χ1n) is 16.9. The average Bonchev–Trinajstić information content (AvgIpc) is 3.67. The molecule has 15 heteroatoms. The first-order valence-corrected chi connectivity index (χ1v) is 16.9. The van der Waals surface area contributed by atoms with E-state index < -0.39 is 29.7 Å². The summed E-state index contributed by atoms with van der Waals surface area (Å²) in [6.07, 6.45) is 2.20. The number of pyridine rings is 2. The largest absolute Gasteiger partial charge is 0.444 e. The molecule has 14 nitrogen and oxygen atoms in total. The highest BCUT2D eigenvalue weighted by Gasteiger charge is 2.37. The van der Waals surface area contributed by atoms with Crippen molar-refractivity contribution >= 4 is 23.8 Å². The van der Waals surface area contributed by atoms with Gasteiger partial charge in [0.05, 0.1) is 24.0 Å². The third kappa shape index (κ3) is 8.61. The molecule has 0 aliphatic carbocycles. The minimum absolute atomic E-state index is 0.308. The summed E-state index contributed by atoms with van der Waals surface area (Å²) in [4.78, 5) is 44.5. The Balaban J connectivity index is 1.19. The smallest absolute Gasteiger partial charge is 0.410 e. The number of benzene rings is 1. The zero-order valence-electron chi connectivity index (χ0n) is 29.5. The second kappa shape index (κ2) is 15.4. The monoisotopic (exact) mass is 701 g/mol. The summed E-state index contributed by atoms with van der Waals surface area (Å²) in [5.41, 5.74) is 2.95. The molecule has 2 atom stereocenters. The molecule has 2 aliphatic heterocycles. The summed E-state index contributed by atoms with van der Waals surface area (Å²) < 4.78 is 26.5. The van der Waals surface area contributed by atoms with Gasteiger partial charge in [0.1, 0.15) is 23.3 Å². The van der Waals surface area contributed by atoms with Crippen LogP contribution in [-0.4, -0.2) is 106 Å². The number of amides is 3. The van der Waals surface area contributed by atoms with E-state index in [1.54, 1.807) is 34.0 Å². The number of aromatic nitrogens is 4. The number of anilines is 2. The van der Waals surface area contributed by atoms with Crippen LogP contribution >= 0.6 is 0 Å². The summed E-state index contributed by atoms with van der Waals surface area (Å²) in [5.74, 6) is 0.646. The van der Waals surface area contributed by atoms with Crippen LogP contribution in [0.15, 0.2) is 67.0 Å². The number of carbonyl (C=O) groups is 2. The maximum Gasteiger partial charge on any atom is 0.410 e. The Morgan fingerprint density at radius 2 is 1.80 bits per heavy atom. The van der Waals surface area contributed by atoms with E-state index in [0.29, 0.717) is 63.0 Å². The SMILES string of the molecule is COCCN1C[C@@H](NC(=O)Nc2c(C)c(-c3ccc(N4CCN(C(=O)OC(C)(C)C)CC4)nc3)nn2-c2ccccc2)[C@H](c2ccnc(F)c2)O1. The Labute approximate surface area is 296 Å². The van der Waals surface area contributed by atoms with Crippen LogP contribution in [0.5, 0.6) is 0 Å². The number of piperazine rings is 1. The van der Waals surface area contributed by atoms with Gasteiger partial charge in [-0.3, -0.25) is 10.2 Å². The molecule has 5 heterocycles. The minimum atomic E-state index is -0.634. The Morgan fingerprint density at radius 1 is 1.04 bits per heavy atom. The van der Waals surface area contributed by atoms with Gasteiger partial charge in [-0.05, 0) is 69.7 Å². The summed E-state index contributed by atoms with van der Waals surface area (Å²) in [6.45, 7) is 11.1. The van der Waals surface area contributed by atoms with Gasteiger partial charge in [0.2, 0.25) is 5.95 Å². The molecule has 0 saturated carbocycles. The molecule has 1 aromatic carbocycles. The van der Waals surface area contributed by atoms with E-state index in [1.165, 1.54) is 12.3 Å². The van der Waals surface area contributed by atoms with Gasteiger partial charge in [0.25, 0.3) is 0 Å². The molecule has 2 fully saturated rings. The normalized spacial score (nSPS) is 18.2. The van der Waals surface area contributed by atoms with Crippen molar-refractivity contribution in [2.75, 3.05) is 63.2 Å². The van der Waals surface area contributed by atoms with E-state index in [0.717, 1.165) is 22.6 Å². The van der Waals surface area contributed by atoms with Gasteiger partial charge in [-0.25, -0.2) is 24.2 Å². The van der Waals surface area contributed by atoms with Crippen LogP contribution in [0.2, 0.25) is 0 Å². The number of nitrogens with zero attached hydrogens (tertiary/aromatic N) is 7. The number of hydrogen-bond acceptors (Lipinski definition) is 10. The molecule has 2 aliphatic rings. The lowest BCUT2D eigenvalue weighted by molar-refractivity contribution is -0.154. The average molecular weight is 702 g/mol. The number of ether oxygens (including phenoxy) is 2. The molecule has 51 heavy (non-hydrogen) atoms. The van der Waals surface area contributed by atoms with Gasteiger partial charge < -0.3 is 24.6 Å². The number of halogens is 1. The van der Waals surface area contributed by atoms with Gasteiger partial charge in [-0.15, -0.1) is 0 Å². The summed E-state index contributed by atoms with van der Waals surface area (Å²) in [6, 6.07) is 15.4. The number of hydroxylamine groups is 2. The molecular weight excluding hydrogens is 657 g/mol. The van der Waals surface area contributed by atoms with Gasteiger partial charge in [0, 0.05) is 69.9 Å². The zero-order valence-corrected chi connectivity index (χ0v) is 29.5. The predicted octanol–water partition coefficient (Wildman–Crippen LogP) is 4.96. The number of carbonyl (C=O) groups excluding carboxylic acids is 2. The van der Waals surface area contributed by atoms with Crippen molar-refractivity contribution in [2.45, 2.75) is 45.4 Å². The third-order valence-electron chi connectivity index (χ3n) is 8.60. The number of nitrogens with one attached hydrogen (secondary N) is 2. The lowest BCUT2D eigenvalue weighted by Crippen LogP contribution is -2.50. The Bertz CT molecular complexity index is 1810. The number of methoxy groups -OCH3 is 1. The molecule has 2 saturated heterocycles. The first-order chi connectivity index (χ1) is 24.5. The predicted molar refractivity (Wildman–Crippen MR) is 189 cm³/mol. The molecule has 3 amide bonds. The van der Waals surface area contributed by atoms with Crippen molar-refractivity contribution in [3.63, 3.8) is 0 Å². The van der Waals surface area contributed by atoms with Gasteiger partial charge >= 0.3 is 12.1 Å². The van der Waals surface area contributed by atoms with E-state index >= 15 is 0 Å². The van der Waals surface area contributed by atoms with Crippen LogP contribution in [-0.2, 0) is 14.3 Å². The fourth-order valence-electron chi connectivity index (χ4n) is 6.08. The van der Waals surface area contributed by atoms with Crippen LogP contribution in [0.1, 0.15) is 38.0 Å². The second-order valence-electron chi connectivity index (χ2n) is 13.5. The first kappa shape index (κ1) is 35.7. The summed E-state index contributed by atoms with van der Waals surface area (Å²) in [5, 5.41) is 12.7. The van der Waals surface area contributed by atoms with Gasteiger partial charge in [0.15, 0.2) is 0 Å². The van der Waals surface area contributed by atoms with Crippen molar-refractivity contribution < 1.29 is 28.3 Å². The molecule has 270 valence electrons. The van der Waals surface area contributed by atoms with Crippen LogP contribution in [0.4, 0.5) is 25.6 Å². The van der Waals surface area contributed by atoms with Crippen LogP contribution in [0.25, 0.3) is 16.9 Å². The van der Waals surface area contributed by atoms with Crippen LogP contribution in [0, 0.1) is 12.9 Å². The Hall–Kier alpha value is -5.12. The fourth-order valence-corrected chi connectivity index (χ4v) is 6.08. The van der Waals surface area contributed by atoms with Crippen molar-refractivity contribution in [3.05, 3.63) is 84.1 Å².